The van der Waals surface area contributed by atoms with Gasteiger partial charge in [0.15, 0.2) is 0 Å². The second-order valence-corrected chi connectivity index (χ2v) is 7.09. The number of fused-ring (bicyclic) bond motifs is 1. The molecule has 1 atom stereocenters. The van der Waals surface area contributed by atoms with E-state index in [1.807, 2.05) is 41.3 Å². The summed E-state index contributed by atoms with van der Waals surface area (Å²) in [6.45, 7) is 5.77. The molecule has 0 radical (unpaired) electrons. The standard InChI is InChI=1S/C22H25N3O2/c1-16-8-3-6-12-21(16)27-15-14-25-19-10-5-4-9-18(19)23-22(25)20-11-7-13-24(20)17(2)26/h3-6,8-10,12,20H,7,11,13-15H2,1-2H3/t20-/m1/s1. The molecule has 27 heavy (non-hydrogen) atoms. The van der Waals surface area contributed by atoms with E-state index in [0.717, 1.165) is 47.6 Å². The Morgan fingerprint density at radius 2 is 1.96 bits per heavy atom. The molecule has 0 spiro atoms. The van der Waals surface area contributed by atoms with Gasteiger partial charge in [0.2, 0.25) is 5.91 Å². The van der Waals surface area contributed by atoms with Gasteiger partial charge < -0.3 is 14.2 Å². The average molecular weight is 363 g/mol. The van der Waals surface area contributed by atoms with Gasteiger partial charge in [-0.2, -0.15) is 0 Å². The molecule has 1 amide bonds. The number of para-hydroxylation sites is 3. The van der Waals surface area contributed by atoms with E-state index >= 15 is 0 Å². The molecule has 4 rings (SSSR count). The molecule has 2 aromatic carbocycles. The summed E-state index contributed by atoms with van der Waals surface area (Å²) in [5.74, 6) is 2.00. The molecule has 1 aliphatic heterocycles. The highest BCUT2D eigenvalue weighted by molar-refractivity contribution is 5.77. The molecule has 1 aromatic heterocycles. The summed E-state index contributed by atoms with van der Waals surface area (Å²) in [5, 5.41) is 0. The molecular formula is C22H25N3O2. The van der Waals surface area contributed by atoms with Crippen molar-refractivity contribution < 1.29 is 9.53 Å². The molecule has 0 unspecified atom stereocenters. The zero-order chi connectivity index (χ0) is 18.8. The smallest absolute Gasteiger partial charge is 0.220 e. The minimum Gasteiger partial charge on any atom is -0.491 e. The highest BCUT2D eigenvalue weighted by atomic mass is 16.5. The van der Waals surface area contributed by atoms with Crippen molar-refractivity contribution in [1.29, 1.82) is 0 Å². The fourth-order valence-electron chi connectivity index (χ4n) is 3.96. The van der Waals surface area contributed by atoms with E-state index in [2.05, 4.69) is 23.6 Å². The van der Waals surface area contributed by atoms with Crippen LogP contribution in [0.5, 0.6) is 5.75 Å². The summed E-state index contributed by atoms with van der Waals surface area (Å²) in [6, 6.07) is 16.3. The molecule has 2 heterocycles. The van der Waals surface area contributed by atoms with Crippen molar-refractivity contribution in [1.82, 2.24) is 14.5 Å². The highest BCUT2D eigenvalue weighted by Crippen LogP contribution is 2.33. The predicted molar refractivity (Wildman–Crippen MR) is 106 cm³/mol. The van der Waals surface area contributed by atoms with E-state index in [0.29, 0.717) is 13.2 Å². The number of imidazole rings is 1. The molecule has 0 aliphatic carbocycles. The second kappa shape index (κ2) is 7.43. The summed E-state index contributed by atoms with van der Waals surface area (Å²) in [7, 11) is 0. The molecule has 1 saturated heterocycles. The van der Waals surface area contributed by atoms with E-state index in [1.54, 1.807) is 6.92 Å². The number of aromatic nitrogens is 2. The van der Waals surface area contributed by atoms with Crippen LogP contribution in [0, 0.1) is 6.92 Å². The number of hydrogen-bond donors (Lipinski definition) is 0. The predicted octanol–water partition coefficient (Wildman–Crippen LogP) is 4.11. The molecule has 5 heteroatoms. The second-order valence-electron chi connectivity index (χ2n) is 7.09. The quantitative estimate of drug-likeness (QED) is 0.685. The van der Waals surface area contributed by atoms with Crippen molar-refractivity contribution in [2.75, 3.05) is 13.2 Å². The van der Waals surface area contributed by atoms with E-state index in [9.17, 15) is 4.79 Å². The van der Waals surface area contributed by atoms with E-state index in [1.165, 1.54) is 0 Å². The Labute approximate surface area is 159 Å². The Bertz CT molecular complexity index is 963. The van der Waals surface area contributed by atoms with Crippen molar-refractivity contribution in [3.8, 4) is 5.75 Å². The van der Waals surface area contributed by atoms with E-state index < -0.39 is 0 Å². The zero-order valence-corrected chi connectivity index (χ0v) is 15.9. The summed E-state index contributed by atoms with van der Waals surface area (Å²) in [6.07, 6.45) is 1.98. The van der Waals surface area contributed by atoms with Crippen LogP contribution >= 0.6 is 0 Å². The fourth-order valence-corrected chi connectivity index (χ4v) is 3.96. The van der Waals surface area contributed by atoms with Crippen LogP contribution in [0.4, 0.5) is 0 Å². The Balaban J connectivity index is 1.62. The molecule has 0 bridgehead atoms. The lowest BCUT2D eigenvalue weighted by Gasteiger charge is -2.24. The number of rotatable bonds is 5. The first kappa shape index (κ1) is 17.6. The van der Waals surface area contributed by atoms with E-state index in [4.69, 9.17) is 9.72 Å². The lowest BCUT2D eigenvalue weighted by atomic mass is 10.2. The number of aryl methyl sites for hydroxylation is 1. The van der Waals surface area contributed by atoms with Crippen LogP contribution < -0.4 is 4.74 Å². The molecule has 1 fully saturated rings. The largest absolute Gasteiger partial charge is 0.491 e. The SMILES string of the molecule is CC(=O)N1CCC[C@@H]1c1nc2ccccc2n1CCOc1ccccc1C. The molecule has 0 saturated carbocycles. The van der Waals surface area contributed by atoms with Gasteiger partial charge in [-0.25, -0.2) is 4.98 Å². The number of carbonyl (C=O) groups excluding carboxylic acids is 1. The van der Waals surface area contributed by atoms with Crippen LogP contribution in [-0.2, 0) is 11.3 Å². The van der Waals surface area contributed by atoms with Gasteiger partial charge in [-0.15, -0.1) is 0 Å². The van der Waals surface area contributed by atoms with Crippen LogP contribution in [0.1, 0.15) is 37.2 Å². The molecule has 140 valence electrons. The number of hydrogen-bond acceptors (Lipinski definition) is 3. The Hall–Kier alpha value is -2.82. The summed E-state index contributed by atoms with van der Waals surface area (Å²) in [5.41, 5.74) is 3.20. The summed E-state index contributed by atoms with van der Waals surface area (Å²) in [4.78, 5) is 18.9. The van der Waals surface area contributed by atoms with Crippen LogP contribution in [0.2, 0.25) is 0 Å². The van der Waals surface area contributed by atoms with Crippen LogP contribution in [0.15, 0.2) is 48.5 Å². The maximum absolute atomic E-state index is 12.1. The van der Waals surface area contributed by atoms with Crippen LogP contribution in [0.3, 0.4) is 0 Å². The molecular weight excluding hydrogens is 338 g/mol. The zero-order valence-electron chi connectivity index (χ0n) is 15.9. The van der Waals surface area contributed by atoms with Gasteiger partial charge in [0.25, 0.3) is 0 Å². The Kier molecular flexibility index (Phi) is 4.84. The maximum Gasteiger partial charge on any atom is 0.220 e. The van der Waals surface area contributed by atoms with Crippen molar-refractivity contribution in [3.63, 3.8) is 0 Å². The number of nitrogens with zero attached hydrogens (tertiary/aromatic N) is 3. The number of likely N-dealkylation sites (tertiary alicyclic amines) is 1. The molecule has 0 N–H and O–H groups in total. The van der Waals surface area contributed by atoms with Gasteiger partial charge in [-0.1, -0.05) is 30.3 Å². The summed E-state index contributed by atoms with van der Waals surface area (Å²) >= 11 is 0. The topological polar surface area (TPSA) is 47.4 Å². The third-order valence-electron chi connectivity index (χ3n) is 5.31. The summed E-state index contributed by atoms with van der Waals surface area (Å²) < 4.78 is 8.24. The fraction of sp³-hybridized carbons (Fsp3) is 0.364. The van der Waals surface area contributed by atoms with Crippen LogP contribution in [0.25, 0.3) is 11.0 Å². The first-order valence-corrected chi connectivity index (χ1v) is 9.56. The minimum absolute atomic E-state index is 0.0494. The molecule has 5 nitrogen and oxygen atoms in total. The Morgan fingerprint density at radius 3 is 2.78 bits per heavy atom. The van der Waals surface area contributed by atoms with Gasteiger partial charge >= 0.3 is 0 Å². The van der Waals surface area contributed by atoms with Crippen molar-refractivity contribution >= 4 is 16.9 Å². The van der Waals surface area contributed by atoms with Gasteiger partial charge in [-0.05, 0) is 43.5 Å². The third kappa shape index (κ3) is 3.42. The molecule has 1 aliphatic rings. The van der Waals surface area contributed by atoms with Gasteiger partial charge in [0.1, 0.15) is 18.2 Å². The lowest BCUT2D eigenvalue weighted by Crippen LogP contribution is -2.30. The van der Waals surface area contributed by atoms with Gasteiger partial charge in [-0.3, -0.25) is 4.79 Å². The van der Waals surface area contributed by atoms with Crippen molar-refractivity contribution in [2.45, 2.75) is 39.3 Å². The normalized spacial score (nSPS) is 16.8. The van der Waals surface area contributed by atoms with Crippen molar-refractivity contribution in [2.24, 2.45) is 0 Å². The lowest BCUT2D eigenvalue weighted by molar-refractivity contribution is -0.129. The van der Waals surface area contributed by atoms with Gasteiger partial charge in [0, 0.05) is 13.5 Å². The minimum atomic E-state index is 0.0494. The third-order valence-corrected chi connectivity index (χ3v) is 5.31. The number of carbonyl (C=O) groups is 1. The monoisotopic (exact) mass is 363 g/mol. The molecule has 3 aromatic rings. The van der Waals surface area contributed by atoms with Crippen LogP contribution in [-0.4, -0.2) is 33.5 Å². The van der Waals surface area contributed by atoms with Gasteiger partial charge in [0.05, 0.1) is 23.6 Å². The first-order valence-electron chi connectivity index (χ1n) is 9.56. The Morgan fingerprint density at radius 1 is 1.19 bits per heavy atom. The number of ether oxygens (including phenoxy) is 1. The first-order chi connectivity index (χ1) is 13.1. The number of benzene rings is 2. The maximum atomic E-state index is 12.1. The number of amides is 1. The van der Waals surface area contributed by atoms with E-state index in [-0.39, 0.29) is 11.9 Å². The average Bonchev–Trinajstić information content (AvgIpc) is 3.28. The van der Waals surface area contributed by atoms with Crippen molar-refractivity contribution in [3.05, 3.63) is 59.9 Å². The highest BCUT2D eigenvalue weighted by Gasteiger charge is 2.32.